The first-order valence-corrected chi connectivity index (χ1v) is 4.88. The fourth-order valence-electron chi connectivity index (χ4n) is 0.948. The second-order valence-corrected chi connectivity index (χ2v) is 3.10. The van der Waals surface area contributed by atoms with E-state index < -0.39 is 0 Å². The van der Waals surface area contributed by atoms with Crippen LogP contribution >= 0.6 is 12.6 Å². The Labute approximate surface area is 83.3 Å². The normalized spacial score (nSPS) is 10.0. The summed E-state index contributed by atoms with van der Waals surface area (Å²) in [6, 6.07) is 6.42. The van der Waals surface area contributed by atoms with Crippen LogP contribution in [-0.2, 0) is 0 Å². The monoisotopic (exact) mass is 199 g/mol. The number of hydrogen-bond acceptors (Lipinski definition) is 1. The Kier molecular flexibility index (Phi) is 4.68. The van der Waals surface area contributed by atoms with E-state index in [9.17, 15) is 4.39 Å². The highest BCUT2D eigenvalue weighted by Gasteiger charge is 1.99. The number of hydrogen-bond donors (Lipinski definition) is 0. The smallest absolute Gasteiger partial charge is 0.165 e. The third-order valence-electron chi connectivity index (χ3n) is 1.63. The molecular formula is C10H12FOS. The molecular weight excluding hydrogens is 187 g/mol. The SMILES string of the molecule is Fc1ccccc1OCCCC[S]. The molecule has 1 aromatic rings. The summed E-state index contributed by atoms with van der Waals surface area (Å²) in [5, 5.41) is 0. The quantitative estimate of drug-likeness (QED) is 0.662. The Morgan fingerprint density at radius 3 is 2.69 bits per heavy atom. The van der Waals surface area contributed by atoms with Crippen LogP contribution in [0.5, 0.6) is 5.75 Å². The van der Waals surface area contributed by atoms with E-state index in [0.717, 1.165) is 18.6 Å². The molecule has 0 aliphatic heterocycles. The summed E-state index contributed by atoms with van der Waals surface area (Å²) >= 11 is 4.78. The van der Waals surface area contributed by atoms with Crippen LogP contribution in [0.4, 0.5) is 4.39 Å². The number of unbranched alkanes of at least 4 members (excludes halogenated alkanes) is 1. The molecule has 0 N–H and O–H groups in total. The molecule has 3 heteroatoms. The van der Waals surface area contributed by atoms with Gasteiger partial charge in [-0.2, -0.15) is 0 Å². The first-order chi connectivity index (χ1) is 6.34. The molecule has 0 spiro atoms. The third-order valence-corrected chi connectivity index (χ3v) is 1.92. The van der Waals surface area contributed by atoms with Gasteiger partial charge in [0.15, 0.2) is 11.6 Å². The average Bonchev–Trinajstić information content (AvgIpc) is 2.15. The van der Waals surface area contributed by atoms with Gasteiger partial charge < -0.3 is 4.74 Å². The first kappa shape index (κ1) is 10.4. The van der Waals surface area contributed by atoms with E-state index in [1.54, 1.807) is 18.2 Å². The largest absolute Gasteiger partial charge is 0.491 e. The zero-order valence-corrected chi connectivity index (χ0v) is 8.15. The van der Waals surface area contributed by atoms with Gasteiger partial charge in [0.25, 0.3) is 0 Å². The van der Waals surface area contributed by atoms with Crippen LogP contribution in [0.25, 0.3) is 0 Å². The van der Waals surface area contributed by atoms with Gasteiger partial charge in [0, 0.05) is 5.75 Å². The summed E-state index contributed by atoms with van der Waals surface area (Å²) in [6.45, 7) is 0.539. The maximum Gasteiger partial charge on any atom is 0.165 e. The van der Waals surface area contributed by atoms with E-state index in [4.69, 9.17) is 17.4 Å². The molecule has 0 amide bonds. The van der Waals surface area contributed by atoms with Crippen LogP contribution in [0.2, 0.25) is 0 Å². The predicted molar refractivity (Wildman–Crippen MR) is 53.6 cm³/mol. The van der Waals surface area contributed by atoms with E-state index in [1.807, 2.05) is 0 Å². The fourth-order valence-corrected chi connectivity index (χ4v) is 1.15. The second-order valence-electron chi connectivity index (χ2n) is 2.69. The van der Waals surface area contributed by atoms with Crippen molar-refractivity contribution >= 4 is 12.6 Å². The van der Waals surface area contributed by atoms with Gasteiger partial charge in [0.05, 0.1) is 6.61 Å². The highest BCUT2D eigenvalue weighted by molar-refractivity contribution is 7.80. The van der Waals surface area contributed by atoms with Crippen molar-refractivity contribution in [3.8, 4) is 5.75 Å². The maximum absolute atomic E-state index is 13.0. The van der Waals surface area contributed by atoms with Gasteiger partial charge in [0.1, 0.15) is 0 Å². The van der Waals surface area contributed by atoms with Gasteiger partial charge >= 0.3 is 0 Å². The van der Waals surface area contributed by atoms with E-state index in [2.05, 4.69) is 0 Å². The number of rotatable bonds is 5. The van der Waals surface area contributed by atoms with Crippen LogP contribution in [0.15, 0.2) is 24.3 Å². The molecule has 0 heterocycles. The molecule has 1 rings (SSSR count). The molecule has 71 valence electrons. The summed E-state index contributed by atoms with van der Waals surface area (Å²) in [4.78, 5) is 0. The van der Waals surface area contributed by atoms with Crippen molar-refractivity contribution in [1.29, 1.82) is 0 Å². The van der Waals surface area contributed by atoms with E-state index in [-0.39, 0.29) is 5.82 Å². The van der Waals surface area contributed by atoms with Crippen molar-refractivity contribution in [3.05, 3.63) is 30.1 Å². The molecule has 1 radical (unpaired) electrons. The summed E-state index contributed by atoms with van der Waals surface area (Å²) in [6.07, 6.45) is 1.83. The molecule has 0 saturated heterocycles. The Morgan fingerprint density at radius 1 is 1.23 bits per heavy atom. The van der Waals surface area contributed by atoms with E-state index in [0.29, 0.717) is 12.4 Å². The standard InChI is InChI=1S/C10H12FOS/c11-9-5-1-2-6-10(9)12-7-3-4-8-13/h1-2,5-6H,3-4,7-8H2. The van der Waals surface area contributed by atoms with Crippen molar-refractivity contribution in [2.75, 3.05) is 12.4 Å². The minimum absolute atomic E-state index is 0.305. The molecule has 0 saturated carbocycles. The molecule has 0 bridgehead atoms. The topological polar surface area (TPSA) is 9.23 Å². The minimum atomic E-state index is -0.305. The summed E-state index contributed by atoms with van der Waals surface area (Å²) in [7, 11) is 0. The minimum Gasteiger partial charge on any atom is -0.491 e. The fraction of sp³-hybridized carbons (Fsp3) is 0.400. The molecule has 0 aliphatic rings. The van der Waals surface area contributed by atoms with Crippen molar-refractivity contribution < 1.29 is 9.13 Å². The highest BCUT2D eigenvalue weighted by Crippen LogP contribution is 2.15. The summed E-state index contributed by atoms with van der Waals surface area (Å²) in [5.41, 5.74) is 0. The Bertz CT molecular complexity index is 252. The third kappa shape index (κ3) is 3.68. The van der Waals surface area contributed by atoms with Crippen LogP contribution < -0.4 is 4.74 Å². The Morgan fingerprint density at radius 2 is 2.00 bits per heavy atom. The molecule has 0 aliphatic carbocycles. The molecule has 0 unspecified atom stereocenters. The number of para-hydroxylation sites is 1. The molecule has 13 heavy (non-hydrogen) atoms. The number of halogens is 1. The molecule has 1 nitrogen and oxygen atoms in total. The van der Waals surface area contributed by atoms with Crippen LogP contribution in [-0.4, -0.2) is 12.4 Å². The Balaban J connectivity index is 2.32. The number of benzene rings is 1. The Hall–Kier alpha value is -0.700. The summed E-state index contributed by atoms with van der Waals surface area (Å²) < 4.78 is 18.2. The average molecular weight is 199 g/mol. The van der Waals surface area contributed by atoms with E-state index in [1.165, 1.54) is 6.07 Å². The van der Waals surface area contributed by atoms with Gasteiger partial charge in [-0.15, -0.1) is 0 Å². The molecule has 0 atom stereocenters. The molecule has 0 fully saturated rings. The van der Waals surface area contributed by atoms with Crippen LogP contribution in [0, 0.1) is 5.82 Å². The van der Waals surface area contributed by atoms with Crippen molar-refractivity contribution in [3.63, 3.8) is 0 Å². The second kappa shape index (κ2) is 5.86. The van der Waals surface area contributed by atoms with Gasteiger partial charge in [-0.05, 0) is 25.0 Å². The lowest BCUT2D eigenvalue weighted by molar-refractivity contribution is 0.294. The lowest BCUT2D eigenvalue weighted by Gasteiger charge is -2.05. The zero-order valence-electron chi connectivity index (χ0n) is 7.33. The number of ether oxygens (including phenoxy) is 1. The van der Waals surface area contributed by atoms with Crippen molar-refractivity contribution in [2.24, 2.45) is 0 Å². The first-order valence-electron chi connectivity index (χ1n) is 4.30. The van der Waals surface area contributed by atoms with Crippen molar-refractivity contribution in [1.82, 2.24) is 0 Å². The van der Waals surface area contributed by atoms with Crippen LogP contribution in [0.3, 0.4) is 0 Å². The summed E-state index contributed by atoms with van der Waals surface area (Å²) in [5.74, 6) is 0.758. The molecule has 1 aromatic carbocycles. The highest BCUT2D eigenvalue weighted by atomic mass is 32.1. The van der Waals surface area contributed by atoms with Crippen LogP contribution in [0.1, 0.15) is 12.8 Å². The van der Waals surface area contributed by atoms with Gasteiger partial charge in [-0.25, -0.2) is 4.39 Å². The van der Waals surface area contributed by atoms with Gasteiger partial charge in [-0.3, -0.25) is 0 Å². The van der Waals surface area contributed by atoms with E-state index >= 15 is 0 Å². The zero-order chi connectivity index (χ0) is 9.52. The predicted octanol–water partition coefficient (Wildman–Crippen LogP) is 3.18. The van der Waals surface area contributed by atoms with Gasteiger partial charge in [0.2, 0.25) is 0 Å². The van der Waals surface area contributed by atoms with Gasteiger partial charge in [-0.1, -0.05) is 24.8 Å². The lowest BCUT2D eigenvalue weighted by Crippen LogP contribution is -1.99. The molecule has 0 aromatic heterocycles. The maximum atomic E-state index is 13.0. The van der Waals surface area contributed by atoms with Crippen molar-refractivity contribution in [2.45, 2.75) is 12.8 Å². The lowest BCUT2D eigenvalue weighted by atomic mass is 10.3.